The third-order valence-electron chi connectivity index (χ3n) is 4.87. The molecule has 2 saturated heterocycles. The Balaban J connectivity index is 1.50. The zero-order valence-corrected chi connectivity index (χ0v) is 14.6. The van der Waals surface area contributed by atoms with Gasteiger partial charge in [-0.05, 0) is 38.1 Å². The summed E-state index contributed by atoms with van der Waals surface area (Å²) in [7, 11) is 0. The van der Waals surface area contributed by atoms with Crippen molar-refractivity contribution in [2.75, 3.05) is 50.7 Å². The van der Waals surface area contributed by atoms with Crippen molar-refractivity contribution in [3.05, 3.63) is 23.4 Å². The number of hydrogen-bond donors (Lipinski definition) is 0. The number of halogens is 1. The molecule has 1 amide bonds. The van der Waals surface area contributed by atoms with E-state index in [4.69, 9.17) is 18.0 Å². The van der Waals surface area contributed by atoms with Crippen LogP contribution in [0.5, 0.6) is 0 Å². The van der Waals surface area contributed by atoms with E-state index in [9.17, 15) is 4.79 Å². The number of carbonyl (C=O) groups excluding carboxylic acids is 1. The van der Waals surface area contributed by atoms with Gasteiger partial charge in [-0.1, -0.05) is 23.6 Å². The van der Waals surface area contributed by atoms with Crippen molar-refractivity contribution in [3.8, 4) is 12.3 Å². The number of anilines is 1. The predicted octanol–water partition coefficient (Wildman–Crippen LogP) is 1.73. The van der Waals surface area contributed by atoms with Crippen LogP contribution in [-0.4, -0.2) is 66.5 Å². The largest absolute Gasteiger partial charge is 0.353 e. The van der Waals surface area contributed by atoms with E-state index < -0.39 is 0 Å². The molecule has 0 aliphatic carbocycles. The molecule has 0 bridgehead atoms. The summed E-state index contributed by atoms with van der Waals surface area (Å²) in [6.45, 7) is 5.63. The van der Waals surface area contributed by atoms with Crippen LogP contribution < -0.4 is 4.90 Å². The first-order chi connectivity index (χ1) is 11.7. The molecule has 3 heterocycles. The third-order valence-corrected chi connectivity index (χ3v) is 5.08. The smallest absolute Gasteiger partial charge is 0.225 e. The molecule has 0 N–H and O–H groups in total. The molecule has 2 aliphatic rings. The molecule has 0 unspecified atom stereocenters. The summed E-state index contributed by atoms with van der Waals surface area (Å²) < 4.78 is 0. The second kappa shape index (κ2) is 7.87. The number of piperidine rings is 1. The van der Waals surface area contributed by atoms with Gasteiger partial charge in [0.25, 0.3) is 0 Å². The zero-order chi connectivity index (χ0) is 16.9. The van der Waals surface area contributed by atoms with Crippen LogP contribution in [0.25, 0.3) is 0 Å². The lowest BCUT2D eigenvalue weighted by Gasteiger charge is -2.38. The van der Waals surface area contributed by atoms with Gasteiger partial charge in [-0.2, -0.15) is 0 Å². The van der Waals surface area contributed by atoms with E-state index in [0.29, 0.717) is 17.6 Å². The van der Waals surface area contributed by atoms with Crippen LogP contribution in [0.3, 0.4) is 0 Å². The molecule has 128 valence electrons. The van der Waals surface area contributed by atoms with Crippen molar-refractivity contribution in [1.29, 1.82) is 0 Å². The standard InChI is InChI=1S/C18H23ClN4O/c1-2-8-21-9-6-15(7-10-21)18(24)23-13-11-22(12-14-23)17-5-3-4-16(19)20-17/h1,3-5,15H,6-14H2. The lowest BCUT2D eigenvalue weighted by Crippen LogP contribution is -2.51. The minimum absolute atomic E-state index is 0.148. The second-order valence-electron chi connectivity index (χ2n) is 6.39. The van der Waals surface area contributed by atoms with E-state index >= 15 is 0 Å². The highest BCUT2D eigenvalue weighted by molar-refractivity contribution is 6.29. The Labute approximate surface area is 148 Å². The molecule has 1 aromatic heterocycles. The molecule has 2 aliphatic heterocycles. The Morgan fingerprint density at radius 3 is 2.54 bits per heavy atom. The second-order valence-corrected chi connectivity index (χ2v) is 6.77. The maximum Gasteiger partial charge on any atom is 0.225 e. The van der Waals surface area contributed by atoms with Crippen LogP contribution in [0.2, 0.25) is 5.15 Å². The van der Waals surface area contributed by atoms with E-state index in [2.05, 4.69) is 20.7 Å². The SMILES string of the molecule is C#CCN1CCC(C(=O)N2CCN(c3cccc(Cl)n3)CC2)CC1. The Kier molecular flexibility index (Phi) is 5.60. The van der Waals surface area contributed by atoms with Gasteiger partial charge in [-0.3, -0.25) is 9.69 Å². The summed E-state index contributed by atoms with van der Waals surface area (Å²) in [5, 5.41) is 0.504. The number of piperazine rings is 1. The predicted molar refractivity (Wildman–Crippen MR) is 96.0 cm³/mol. The maximum atomic E-state index is 12.7. The molecule has 0 aromatic carbocycles. The van der Waals surface area contributed by atoms with Crippen LogP contribution in [0.15, 0.2) is 18.2 Å². The van der Waals surface area contributed by atoms with Crippen LogP contribution in [0.4, 0.5) is 5.82 Å². The van der Waals surface area contributed by atoms with Crippen molar-refractivity contribution >= 4 is 23.3 Å². The van der Waals surface area contributed by atoms with E-state index in [1.165, 1.54) is 0 Å². The van der Waals surface area contributed by atoms with Crippen molar-refractivity contribution in [1.82, 2.24) is 14.8 Å². The van der Waals surface area contributed by atoms with Gasteiger partial charge in [0.2, 0.25) is 5.91 Å². The van der Waals surface area contributed by atoms with Crippen LogP contribution >= 0.6 is 11.6 Å². The maximum absolute atomic E-state index is 12.7. The van der Waals surface area contributed by atoms with Gasteiger partial charge in [0.05, 0.1) is 6.54 Å². The van der Waals surface area contributed by atoms with Crippen molar-refractivity contribution in [3.63, 3.8) is 0 Å². The van der Waals surface area contributed by atoms with Gasteiger partial charge in [-0.15, -0.1) is 6.42 Å². The summed E-state index contributed by atoms with van der Waals surface area (Å²) in [5.41, 5.74) is 0. The average molecular weight is 347 g/mol. The molecule has 2 fully saturated rings. The summed E-state index contributed by atoms with van der Waals surface area (Å²) in [4.78, 5) is 23.5. The molecule has 0 radical (unpaired) electrons. The number of carbonyl (C=O) groups is 1. The lowest BCUT2D eigenvalue weighted by atomic mass is 9.95. The molecule has 1 aromatic rings. The van der Waals surface area contributed by atoms with Crippen molar-refractivity contribution in [2.24, 2.45) is 5.92 Å². The fourth-order valence-electron chi connectivity index (χ4n) is 3.45. The lowest BCUT2D eigenvalue weighted by molar-refractivity contribution is -0.137. The minimum atomic E-state index is 0.148. The zero-order valence-electron chi connectivity index (χ0n) is 13.8. The summed E-state index contributed by atoms with van der Waals surface area (Å²) in [6.07, 6.45) is 7.18. The average Bonchev–Trinajstić information content (AvgIpc) is 2.62. The van der Waals surface area contributed by atoms with Gasteiger partial charge >= 0.3 is 0 Å². The topological polar surface area (TPSA) is 39.7 Å². The minimum Gasteiger partial charge on any atom is -0.353 e. The number of pyridine rings is 1. The van der Waals surface area contributed by atoms with Gasteiger partial charge in [0.1, 0.15) is 11.0 Å². The molecule has 6 heteroatoms. The fourth-order valence-corrected chi connectivity index (χ4v) is 3.61. The van der Waals surface area contributed by atoms with Crippen LogP contribution in [-0.2, 0) is 4.79 Å². The molecular weight excluding hydrogens is 324 g/mol. The number of rotatable bonds is 3. The Morgan fingerprint density at radius 1 is 1.21 bits per heavy atom. The van der Waals surface area contributed by atoms with Crippen molar-refractivity contribution in [2.45, 2.75) is 12.8 Å². The molecule has 0 saturated carbocycles. The van der Waals surface area contributed by atoms with E-state index in [0.717, 1.165) is 57.9 Å². The van der Waals surface area contributed by atoms with Gasteiger partial charge in [0.15, 0.2) is 0 Å². The fraction of sp³-hybridized carbons (Fsp3) is 0.556. The monoisotopic (exact) mass is 346 g/mol. The van der Waals surface area contributed by atoms with Crippen LogP contribution in [0.1, 0.15) is 12.8 Å². The summed E-state index contributed by atoms with van der Waals surface area (Å²) >= 11 is 5.96. The van der Waals surface area contributed by atoms with Gasteiger partial charge in [0, 0.05) is 32.1 Å². The normalized spacial score (nSPS) is 20.0. The number of hydrogen-bond acceptors (Lipinski definition) is 4. The Hall–Kier alpha value is -1.77. The van der Waals surface area contributed by atoms with E-state index in [1.807, 2.05) is 17.0 Å². The van der Waals surface area contributed by atoms with E-state index in [-0.39, 0.29) is 5.92 Å². The van der Waals surface area contributed by atoms with E-state index in [1.54, 1.807) is 6.07 Å². The highest BCUT2D eigenvalue weighted by atomic mass is 35.5. The number of nitrogens with zero attached hydrogens (tertiary/aromatic N) is 4. The Bertz CT molecular complexity index is 614. The first kappa shape index (κ1) is 17.1. The first-order valence-electron chi connectivity index (χ1n) is 8.49. The highest BCUT2D eigenvalue weighted by Crippen LogP contribution is 2.22. The summed E-state index contributed by atoms with van der Waals surface area (Å²) in [6, 6.07) is 5.65. The molecule has 0 atom stereocenters. The van der Waals surface area contributed by atoms with Gasteiger partial charge in [-0.25, -0.2) is 4.98 Å². The molecule has 3 rings (SSSR count). The first-order valence-corrected chi connectivity index (χ1v) is 8.87. The number of terminal acetylenes is 1. The Morgan fingerprint density at radius 2 is 1.92 bits per heavy atom. The van der Waals surface area contributed by atoms with Gasteiger partial charge < -0.3 is 9.80 Å². The number of likely N-dealkylation sites (tertiary alicyclic amines) is 1. The third kappa shape index (κ3) is 4.00. The number of amides is 1. The molecule has 5 nitrogen and oxygen atoms in total. The molecular formula is C18H23ClN4O. The number of aromatic nitrogens is 1. The molecule has 0 spiro atoms. The molecule has 24 heavy (non-hydrogen) atoms. The quantitative estimate of drug-likeness (QED) is 0.617. The highest BCUT2D eigenvalue weighted by Gasteiger charge is 2.30. The van der Waals surface area contributed by atoms with Crippen LogP contribution in [0, 0.1) is 18.3 Å². The van der Waals surface area contributed by atoms with Crippen molar-refractivity contribution < 1.29 is 4.79 Å². The summed E-state index contributed by atoms with van der Waals surface area (Å²) in [5.74, 6) is 4.01.